The van der Waals surface area contributed by atoms with Crippen molar-refractivity contribution in [2.24, 2.45) is 5.92 Å². The van der Waals surface area contributed by atoms with Gasteiger partial charge < -0.3 is 19.7 Å². The first-order chi connectivity index (χ1) is 15.6. The van der Waals surface area contributed by atoms with E-state index in [0.717, 1.165) is 64.3 Å². The Morgan fingerprint density at radius 3 is 3.06 bits per heavy atom. The summed E-state index contributed by atoms with van der Waals surface area (Å²) >= 11 is 7.82. The third-order valence-electron chi connectivity index (χ3n) is 5.65. The number of hydrogen-bond acceptors (Lipinski definition) is 7. The van der Waals surface area contributed by atoms with Gasteiger partial charge in [-0.2, -0.15) is 0 Å². The summed E-state index contributed by atoms with van der Waals surface area (Å²) < 4.78 is 11.7. The Labute approximate surface area is 197 Å². The topological polar surface area (TPSA) is 63.7 Å². The molecule has 2 heterocycles. The molecule has 1 atom stereocenters. The molecule has 1 aliphatic heterocycles. The highest BCUT2D eigenvalue weighted by atomic mass is 35.5. The van der Waals surface area contributed by atoms with Gasteiger partial charge in [-0.3, -0.25) is 4.79 Å². The standard InChI is InChI=1S/C24H28ClN3O3S/c1-30-23(29)14-18-3-2-4-20(13-18)31-12-10-26-9-7-17-8-11-28(16-17)24-27-21-6-5-19(25)15-22(21)32-24/h2-6,13,15,17,26H,7-12,14,16H2,1H3. The lowest BCUT2D eigenvalue weighted by Crippen LogP contribution is -2.25. The van der Waals surface area contributed by atoms with Crippen molar-refractivity contribution < 1.29 is 14.3 Å². The Balaban J connectivity index is 1.14. The zero-order valence-electron chi connectivity index (χ0n) is 18.2. The molecular weight excluding hydrogens is 446 g/mol. The second kappa shape index (κ2) is 11.0. The number of fused-ring (bicyclic) bond motifs is 1. The Hall–Kier alpha value is -2.35. The molecule has 2 aromatic carbocycles. The molecule has 0 radical (unpaired) electrons. The van der Waals surface area contributed by atoms with E-state index in [1.54, 1.807) is 11.3 Å². The first-order valence-corrected chi connectivity index (χ1v) is 12.1. The van der Waals surface area contributed by atoms with E-state index in [1.165, 1.54) is 13.5 Å². The molecule has 3 aromatic rings. The van der Waals surface area contributed by atoms with Crippen LogP contribution in [-0.2, 0) is 16.0 Å². The number of thiazole rings is 1. The fourth-order valence-electron chi connectivity index (χ4n) is 3.92. The smallest absolute Gasteiger partial charge is 0.309 e. The number of ether oxygens (including phenoxy) is 2. The van der Waals surface area contributed by atoms with Crippen LogP contribution in [-0.4, -0.2) is 50.8 Å². The van der Waals surface area contributed by atoms with E-state index in [2.05, 4.69) is 10.2 Å². The van der Waals surface area contributed by atoms with Crippen molar-refractivity contribution in [3.05, 3.63) is 53.1 Å². The quantitative estimate of drug-likeness (QED) is 0.344. The van der Waals surface area contributed by atoms with Crippen LogP contribution in [0, 0.1) is 5.92 Å². The van der Waals surface area contributed by atoms with Crippen LogP contribution in [0.15, 0.2) is 42.5 Å². The zero-order valence-corrected chi connectivity index (χ0v) is 19.8. The lowest BCUT2D eigenvalue weighted by molar-refractivity contribution is -0.139. The predicted octanol–water partition coefficient (Wildman–Crippen LogP) is 4.55. The summed E-state index contributed by atoms with van der Waals surface area (Å²) in [5.41, 5.74) is 1.92. The van der Waals surface area contributed by atoms with Gasteiger partial charge in [-0.15, -0.1) is 0 Å². The highest BCUT2D eigenvalue weighted by Crippen LogP contribution is 2.33. The van der Waals surface area contributed by atoms with E-state index >= 15 is 0 Å². The number of hydrogen-bond donors (Lipinski definition) is 1. The Bertz CT molecular complexity index is 1060. The van der Waals surface area contributed by atoms with Crippen LogP contribution in [0.25, 0.3) is 10.2 Å². The molecule has 0 amide bonds. The van der Waals surface area contributed by atoms with Crippen molar-refractivity contribution in [3.8, 4) is 5.75 Å². The van der Waals surface area contributed by atoms with Gasteiger partial charge in [0.2, 0.25) is 0 Å². The first kappa shape index (κ1) is 22.8. The number of benzene rings is 2. The Kier molecular flexibility index (Phi) is 7.84. The third-order valence-corrected chi connectivity index (χ3v) is 6.96. The molecule has 1 saturated heterocycles. The highest BCUT2D eigenvalue weighted by molar-refractivity contribution is 7.22. The number of aromatic nitrogens is 1. The minimum atomic E-state index is -0.248. The van der Waals surface area contributed by atoms with Crippen LogP contribution in [0.4, 0.5) is 5.13 Å². The molecule has 32 heavy (non-hydrogen) atoms. The van der Waals surface area contributed by atoms with Gasteiger partial charge in [0, 0.05) is 24.7 Å². The summed E-state index contributed by atoms with van der Waals surface area (Å²) in [6.45, 7) is 4.46. The molecule has 4 rings (SSSR count). The molecule has 6 nitrogen and oxygen atoms in total. The predicted molar refractivity (Wildman–Crippen MR) is 130 cm³/mol. The molecule has 1 aromatic heterocycles. The van der Waals surface area contributed by atoms with E-state index in [9.17, 15) is 4.79 Å². The van der Waals surface area contributed by atoms with E-state index in [-0.39, 0.29) is 12.4 Å². The maximum absolute atomic E-state index is 11.4. The van der Waals surface area contributed by atoms with Crippen molar-refractivity contribution in [1.29, 1.82) is 0 Å². The summed E-state index contributed by atoms with van der Waals surface area (Å²) in [5.74, 6) is 1.20. The molecule has 1 fully saturated rings. The second-order valence-corrected chi connectivity index (χ2v) is 9.44. The Morgan fingerprint density at radius 1 is 1.28 bits per heavy atom. The van der Waals surface area contributed by atoms with Gasteiger partial charge in [0.1, 0.15) is 12.4 Å². The highest BCUT2D eigenvalue weighted by Gasteiger charge is 2.24. The molecule has 0 bridgehead atoms. The van der Waals surface area contributed by atoms with Crippen LogP contribution in [0.2, 0.25) is 5.02 Å². The number of carbonyl (C=O) groups excluding carboxylic acids is 1. The van der Waals surface area contributed by atoms with Crippen LogP contribution in [0.5, 0.6) is 5.75 Å². The number of halogens is 1. The molecular formula is C24H28ClN3O3S. The van der Waals surface area contributed by atoms with Gasteiger partial charge in [-0.25, -0.2) is 4.98 Å². The number of anilines is 1. The van der Waals surface area contributed by atoms with Crippen LogP contribution < -0.4 is 15.0 Å². The summed E-state index contributed by atoms with van der Waals surface area (Å²) in [4.78, 5) is 18.6. The third kappa shape index (κ3) is 6.12. The van der Waals surface area contributed by atoms with Crippen molar-refractivity contribution in [2.45, 2.75) is 19.3 Å². The van der Waals surface area contributed by atoms with Crippen molar-refractivity contribution >= 4 is 44.3 Å². The number of nitrogens with one attached hydrogen (secondary N) is 1. The van der Waals surface area contributed by atoms with Gasteiger partial charge in [0.25, 0.3) is 0 Å². The fraction of sp³-hybridized carbons (Fsp3) is 0.417. The molecule has 1 unspecified atom stereocenters. The maximum Gasteiger partial charge on any atom is 0.309 e. The van der Waals surface area contributed by atoms with Gasteiger partial charge >= 0.3 is 5.97 Å². The minimum absolute atomic E-state index is 0.248. The molecule has 0 spiro atoms. The zero-order chi connectivity index (χ0) is 22.3. The number of methoxy groups -OCH3 is 1. The summed E-state index contributed by atoms with van der Waals surface area (Å²) in [7, 11) is 1.40. The number of nitrogens with zero attached hydrogens (tertiary/aromatic N) is 2. The number of rotatable bonds is 10. The number of carbonyl (C=O) groups is 1. The summed E-state index contributed by atoms with van der Waals surface area (Å²) in [6.07, 6.45) is 2.60. The van der Waals surface area contributed by atoms with Crippen molar-refractivity contribution in [1.82, 2.24) is 10.3 Å². The summed E-state index contributed by atoms with van der Waals surface area (Å²) in [5, 5.41) is 5.33. The number of esters is 1. The van der Waals surface area contributed by atoms with Crippen molar-refractivity contribution in [2.75, 3.05) is 44.8 Å². The van der Waals surface area contributed by atoms with E-state index in [1.807, 2.05) is 42.5 Å². The van der Waals surface area contributed by atoms with Gasteiger partial charge in [-0.1, -0.05) is 35.1 Å². The van der Waals surface area contributed by atoms with Crippen LogP contribution >= 0.6 is 22.9 Å². The van der Waals surface area contributed by atoms with Crippen LogP contribution in [0.3, 0.4) is 0 Å². The lowest BCUT2D eigenvalue weighted by atomic mass is 10.1. The lowest BCUT2D eigenvalue weighted by Gasteiger charge is -2.15. The summed E-state index contributed by atoms with van der Waals surface area (Å²) in [6, 6.07) is 13.5. The maximum atomic E-state index is 11.4. The van der Waals surface area contributed by atoms with E-state index < -0.39 is 0 Å². The monoisotopic (exact) mass is 473 g/mol. The largest absolute Gasteiger partial charge is 0.492 e. The van der Waals surface area contributed by atoms with Gasteiger partial charge in [0.05, 0.1) is 23.7 Å². The van der Waals surface area contributed by atoms with Crippen LogP contribution in [0.1, 0.15) is 18.4 Å². The fourth-order valence-corrected chi connectivity index (χ4v) is 5.20. The molecule has 1 aliphatic rings. The molecule has 0 aliphatic carbocycles. The van der Waals surface area contributed by atoms with Gasteiger partial charge in [0.15, 0.2) is 5.13 Å². The molecule has 8 heteroatoms. The molecule has 0 saturated carbocycles. The second-order valence-electron chi connectivity index (χ2n) is 8.00. The van der Waals surface area contributed by atoms with E-state index in [4.69, 9.17) is 26.1 Å². The molecule has 170 valence electrons. The minimum Gasteiger partial charge on any atom is -0.492 e. The normalized spacial score (nSPS) is 15.9. The Morgan fingerprint density at radius 2 is 2.19 bits per heavy atom. The molecule has 1 N–H and O–H groups in total. The average Bonchev–Trinajstić information content (AvgIpc) is 3.43. The SMILES string of the molecule is COC(=O)Cc1cccc(OCCNCCC2CCN(c3nc4ccc(Cl)cc4s3)C2)c1. The van der Waals surface area contributed by atoms with Crippen molar-refractivity contribution in [3.63, 3.8) is 0 Å². The van der Waals surface area contributed by atoms with Gasteiger partial charge in [-0.05, 0) is 61.2 Å². The average molecular weight is 474 g/mol. The van der Waals surface area contributed by atoms with E-state index in [0.29, 0.717) is 12.5 Å². The first-order valence-electron chi connectivity index (χ1n) is 10.9.